The number of nitrogens with zero attached hydrogens (tertiary/aromatic N) is 4. The Bertz CT molecular complexity index is 1040. The molecule has 9 heteroatoms. The highest BCUT2D eigenvalue weighted by Gasteiger charge is 2.24. The number of carbonyl (C=O) groups is 1. The van der Waals surface area contributed by atoms with Gasteiger partial charge in [0.05, 0.1) is 29.5 Å². The summed E-state index contributed by atoms with van der Waals surface area (Å²) in [4.78, 5) is 25.3. The minimum atomic E-state index is -0.455. The Morgan fingerprint density at radius 3 is 2.34 bits per heavy atom. The van der Waals surface area contributed by atoms with Crippen LogP contribution >= 0.6 is 11.6 Å². The zero-order valence-corrected chi connectivity index (χ0v) is 16.1. The topological polar surface area (TPSA) is 90.5 Å². The summed E-state index contributed by atoms with van der Waals surface area (Å²) in [5.74, 6) is -0.149. The van der Waals surface area contributed by atoms with E-state index in [0.29, 0.717) is 54.0 Å². The van der Waals surface area contributed by atoms with Crippen molar-refractivity contribution < 1.29 is 14.5 Å². The van der Waals surface area contributed by atoms with E-state index in [-0.39, 0.29) is 11.6 Å². The third-order valence-corrected chi connectivity index (χ3v) is 4.92. The van der Waals surface area contributed by atoms with Gasteiger partial charge >= 0.3 is 0 Å². The van der Waals surface area contributed by atoms with E-state index in [1.165, 1.54) is 12.1 Å². The van der Waals surface area contributed by atoms with Gasteiger partial charge in [-0.3, -0.25) is 14.9 Å². The van der Waals surface area contributed by atoms with Gasteiger partial charge in [-0.1, -0.05) is 11.6 Å². The monoisotopic (exact) mass is 412 g/mol. The lowest BCUT2D eigenvalue weighted by Crippen LogP contribution is -2.41. The van der Waals surface area contributed by atoms with Gasteiger partial charge in [-0.25, -0.2) is 4.68 Å². The van der Waals surface area contributed by atoms with Crippen LogP contribution in [0, 0.1) is 10.1 Å². The summed E-state index contributed by atoms with van der Waals surface area (Å²) in [6, 6.07) is 14.8. The summed E-state index contributed by atoms with van der Waals surface area (Å²) in [5.41, 5.74) is 2.32. The smallest absolute Gasteiger partial charge is 0.272 e. The Hall–Kier alpha value is -3.23. The van der Waals surface area contributed by atoms with Crippen LogP contribution in [0.4, 0.5) is 5.69 Å². The van der Waals surface area contributed by atoms with Crippen molar-refractivity contribution in [3.63, 3.8) is 0 Å². The molecule has 1 amide bonds. The average Bonchev–Trinajstić information content (AvgIpc) is 3.20. The highest BCUT2D eigenvalue weighted by atomic mass is 35.5. The van der Waals surface area contributed by atoms with Crippen molar-refractivity contribution in [2.24, 2.45) is 0 Å². The predicted molar refractivity (Wildman–Crippen MR) is 107 cm³/mol. The molecule has 1 aliphatic heterocycles. The number of ether oxygens (including phenoxy) is 1. The second kappa shape index (κ2) is 8.02. The zero-order chi connectivity index (χ0) is 20.4. The molecule has 0 atom stereocenters. The molecule has 0 radical (unpaired) electrons. The number of rotatable bonds is 4. The van der Waals surface area contributed by atoms with Crippen molar-refractivity contribution >= 4 is 23.2 Å². The Balaban J connectivity index is 1.76. The van der Waals surface area contributed by atoms with Crippen LogP contribution < -0.4 is 0 Å². The number of carbonyl (C=O) groups excluding carboxylic acids is 1. The van der Waals surface area contributed by atoms with Gasteiger partial charge in [-0.15, -0.1) is 0 Å². The molecule has 1 fully saturated rings. The first-order chi connectivity index (χ1) is 14.0. The molecule has 2 aromatic carbocycles. The van der Waals surface area contributed by atoms with Gasteiger partial charge in [0.25, 0.3) is 11.6 Å². The van der Waals surface area contributed by atoms with Crippen molar-refractivity contribution in [3.05, 3.63) is 75.4 Å². The molecular formula is C20H17ClN4O4. The zero-order valence-electron chi connectivity index (χ0n) is 15.3. The summed E-state index contributed by atoms with van der Waals surface area (Å²) in [6.45, 7) is 2.01. The maximum Gasteiger partial charge on any atom is 0.272 e. The van der Waals surface area contributed by atoms with Crippen LogP contribution in [0.15, 0.2) is 54.6 Å². The summed E-state index contributed by atoms with van der Waals surface area (Å²) in [5, 5.41) is 16.1. The Labute approximate surface area is 171 Å². The molecule has 0 aliphatic carbocycles. The van der Waals surface area contributed by atoms with Crippen LogP contribution in [0.1, 0.15) is 10.5 Å². The molecule has 29 heavy (non-hydrogen) atoms. The molecule has 148 valence electrons. The second-order valence-electron chi connectivity index (χ2n) is 6.51. The van der Waals surface area contributed by atoms with Crippen LogP contribution in [0.25, 0.3) is 16.9 Å². The van der Waals surface area contributed by atoms with Gasteiger partial charge in [0.15, 0.2) is 0 Å². The number of nitro groups is 1. The van der Waals surface area contributed by atoms with Crippen LogP contribution in [-0.4, -0.2) is 51.8 Å². The summed E-state index contributed by atoms with van der Waals surface area (Å²) < 4.78 is 6.91. The fourth-order valence-corrected chi connectivity index (χ4v) is 3.26. The van der Waals surface area contributed by atoms with Crippen molar-refractivity contribution in [1.29, 1.82) is 0 Å². The van der Waals surface area contributed by atoms with Crippen LogP contribution in [0.3, 0.4) is 0 Å². The van der Waals surface area contributed by atoms with Gasteiger partial charge in [-0.05, 0) is 42.5 Å². The van der Waals surface area contributed by atoms with E-state index in [9.17, 15) is 14.9 Å². The molecule has 1 aliphatic rings. The quantitative estimate of drug-likeness (QED) is 0.482. The van der Waals surface area contributed by atoms with E-state index in [0.717, 1.165) is 0 Å². The van der Waals surface area contributed by atoms with Gasteiger partial charge in [0.2, 0.25) is 0 Å². The first-order valence-corrected chi connectivity index (χ1v) is 9.38. The number of hydrogen-bond donors (Lipinski definition) is 0. The summed E-state index contributed by atoms with van der Waals surface area (Å²) in [7, 11) is 0. The minimum Gasteiger partial charge on any atom is -0.378 e. The van der Waals surface area contributed by atoms with Gasteiger partial charge in [0.1, 0.15) is 5.69 Å². The fourth-order valence-electron chi connectivity index (χ4n) is 3.14. The minimum absolute atomic E-state index is 0.00417. The van der Waals surface area contributed by atoms with Gasteiger partial charge in [-0.2, -0.15) is 5.10 Å². The van der Waals surface area contributed by atoms with Gasteiger partial charge < -0.3 is 9.64 Å². The normalized spacial score (nSPS) is 14.0. The third kappa shape index (κ3) is 3.98. The van der Waals surface area contributed by atoms with E-state index in [2.05, 4.69) is 5.10 Å². The number of non-ortho nitro benzene ring substituents is 1. The van der Waals surface area contributed by atoms with Crippen molar-refractivity contribution in [2.45, 2.75) is 0 Å². The summed E-state index contributed by atoms with van der Waals surface area (Å²) in [6.07, 6.45) is 0. The highest BCUT2D eigenvalue weighted by molar-refractivity contribution is 6.30. The predicted octanol–water partition coefficient (Wildman–Crippen LogP) is 3.57. The lowest BCUT2D eigenvalue weighted by atomic mass is 10.1. The number of morpholine rings is 1. The highest BCUT2D eigenvalue weighted by Crippen LogP contribution is 2.25. The number of benzene rings is 2. The molecule has 2 heterocycles. The standard InChI is InChI=1S/C20H17ClN4O4/c21-15-3-7-16(8-4-15)24-19(20(26)23-9-11-29-12-10-23)13-18(22-24)14-1-5-17(6-2-14)25(27)28/h1-8,13H,9-12H2. The molecule has 4 rings (SSSR count). The number of amides is 1. The van der Waals surface area contributed by atoms with Crippen LogP contribution in [0.2, 0.25) is 5.02 Å². The molecule has 0 spiro atoms. The second-order valence-corrected chi connectivity index (χ2v) is 6.95. The Kier molecular flexibility index (Phi) is 5.28. The van der Waals surface area contributed by atoms with Crippen molar-refractivity contribution in [1.82, 2.24) is 14.7 Å². The Morgan fingerprint density at radius 2 is 1.72 bits per heavy atom. The van der Waals surface area contributed by atoms with E-state index in [1.807, 2.05) is 0 Å². The largest absolute Gasteiger partial charge is 0.378 e. The first kappa shape index (κ1) is 19.1. The van der Waals surface area contributed by atoms with E-state index in [1.54, 1.807) is 52.0 Å². The fraction of sp³-hybridized carbons (Fsp3) is 0.200. The number of nitro benzene ring substituents is 1. The lowest BCUT2D eigenvalue weighted by molar-refractivity contribution is -0.384. The van der Waals surface area contributed by atoms with Gasteiger partial charge in [0, 0.05) is 35.8 Å². The molecule has 1 saturated heterocycles. The number of aromatic nitrogens is 2. The van der Waals surface area contributed by atoms with E-state index >= 15 is 0 Å². The van der Waals surface area contributed by atoms with E-state index in [4.69, 9.17) is 16.3 Å². The van der Waals surface area contributed by atoms with Crippen molar-refractivity contribution in [3.8, 4) is 16.9 Å². The molecule has 1 aromatic heterocycles. The average molecular weight is 413 g/mol. The molecule has 3 aromatic rings. The maximum atomic E-state index is 13.1. The SMILES string of the molecule is O=C(c1cc(-c2ccc([N+](=O)[O-])cc2)nn1-c1ccc(Cl)cc1)N1CCOCC1. The van der Waals surface area contributed by atoms with Crippen LogP contribution in [-0.2, 0) is 4.74 Å². The number of hydrogen-bond acceptors (Lipinski definition) is 5. The Morgan fingerprint density at radius 1 is 1.07 bits per heavy atom. The summed E-state index contributed by atoms with van der Waals surface area (Å²) >= 11 is 5.99. The first-order valence-electron chi connectivity index (χ1n) is 9.01. The molecule has 0 N–H and O–H groups in total. The maximum absolute atomic E-state index is 13.1. The lowest BCUT2D eigenvalue weighted by Gasteiger charge is -2.26. The van der Waals surface area contributed by atoms with Crippen LogP contribution in [0.5, 0.6) is 0 Å². The van der Waals surface area contributed by atoms with Crippen molar-refractivity contribution in [2.75, 3.05) is 26.3 Å². The number of halogens is 1. The molecular weight excluding hydrogens is 396 g/mol. The van der Waals surface area contributed by atoms with E-state index < -0.39 is 4.92 Å². The molecule has 0 unspecified atom stereocenters. The molecule has 0 bridgehead atoms. The molecule has 8 nitrogen and oxygen atoms in total. The third-order valence-electron chi connectivity index (χ3n) is 4.67. The molecule has 0 saturated carbocycles.